The van der Waals surface area contributed by atoms with Gasteiger partial charge in [0.15, 0.2) is 0 Å². The first kappa shape index (κ1) is 12.3. The normalized spacial score (nSPS) is 25.2. The first-order valence-electron chi connectivity index (χ1n) is 9.49. The van der Waals surface area contributed by atoms with E-state index in [9.17, 15) is 5.11 Å². The third-order valence-corrected chi connectivity index (χ3v) is 4.67. The summed E-state index contributed by atoms with van der Waals surface area (Å²) >= 11 is 0. The van der Waals surface area contributed by atoms with Gasteiger partial charge in [-0.15, -0.1) is 0 Å². The number of pyridine rings is 1. The third kappa shape index (κ3) is 3.02. The minimum Gasteiger partial charge on any atom is -0.385 e. The van der Waals surface area contributed by atoms with E-state index in [4.69, 9.17) is 9.37 Å². The molecule has 0 spiro atoms. The van der Waals surface area contributed by atoms with Crippen molar-refractivity contribution in [1.29, 1.82) is 5.26 Å². The second-order valence-electron chi connectivity index (χ2n) is 6.24. The summed E-state index contributed by atoms with van der Waals surface area (Å²) in [5, 5.41) is 21.5. The molecule has 3 rings (SSSR count). The van der Waals surface area contributed by atoms with Gasteiger partial charge in [-0.2, -0.15) is 5.26 Å². The highest BCUT2D eigenvalue weighted by atomic mass is 16.3. The molecule has 6 nitrogen and oxygen atoms in total. The van der Waals surface area contributed by atoms with Crippen molar-refractivity contribution in [2.24, 2.45) is 5.92 Å². The summed E-state index contributed by atoms with van der Waals surface area (Å²) in [6.45, 7) is -0.651. The van der Waals surface area contributed by atoms with Gasteiger partial charge in [0.25, 0.3) is 0 Å². The summed E-state index contributed by atoms with van der Waals surface area (Å²) in [5.74, 6) is 1.25. The number of hydrogen-bond donors (Lipinski definition) is 2. The van der Waals surface area contributed by atoms with Gasteiger partial charge in [-0.25, -0.2) is 9.97 Å². The van der Waals surface area contributed by atoms with E-state index in [1.165, 1.54) is 6.20 Å². The number of aliphatic hydroxyl groups is 1. The molecule has 1 aliphatic rings. The lowest BCUT2D eigenvalue weighted by atomic mass is 9.84. The second kappa shape index (κ2) is 6.55. The van der Waals surface area contributed by atoms with Crippen LogP contribution in [-0.4, -0.2) is 26.6 Å². The van der Waals surface area contributed by atoms with E-state index < -0.39 is 13.1 Å². The predicted molar refractivity (Wildman–Crippen MR) is 88.9 cm³/mol. The Labute approximate surface area is 140 Å². The molecule has 122 valence electrons. The molecule has 1 aliphatic carbocycles. The van der Waals surface area contributed by atoms with Crippen molar-refractivity contribution in [2.45, 2.75) is 51.2 Å². The maximum atomic E-state index is 10.2. The highest BCUT2D eigenvalue weighted by Gasteiger charge is 2.27. The predicted octanol–water partition coefficient (Wildman–Crippen LogP) is 3.17. The number of hydrogen-bond acceptors (Lipinski definition) is 5. The van der Waals surface area contributed by atoms with Crippen LogP contribution in [0.5, 0.6) is 0 Å². The minimum absolute atomic E-state index is 0.169. The van der Waals surface area contributed by atoms with Gasteiger partial charge < -0.3 is 15.0 Å². The van der Waals surface area contributed by atoms with Crippen molar-refractivity contribution in [3.63, 3.8) is 0 Å². The van der Waals surface area contributed by atoms with Crippen LogP contribution in [-0.2, 0) is 0 Å². The van der Waals surface area contributed by atoms with E-state index >= 15 is 0 Å². The molecule has 1 fully saturated rings. The van der Waals surface area contributed by atoms with Crippen LogP contribution in [0, 0.1) is 17.2 Å². The minimum atomic E-state index is -2.33. The molecule has 0 bridgehead atoms. The number of nitrogens with zero attached hydrogens (tertiary/aromatic N) is 4. The number of nitriles is 1. The van der Waals surface area contributed by atoms with Crippen molar-refractivity contribution >= 4 is 16.9 Å². The van der Waals surface area contributed by atoms with Gasteiger partial charge in [-0.3, -0.25) is 0 Å². The summed E-state index contributed by atoms with van der Waals surface area (Å²) in [7, 11) is 0. The summed E-state index contributed by atoms with van der Waals surface area (Å²) in [6, 6.07) is 4.10. The summed E-state index contributed by atoms with van der Waals surface area (Å²) in [5.41, 5.74) is 1.41. The van der Waals surface area contributed by atoms with Crippen LogP contribution in [0.2, 0.25) is 0 Å². The number of aliphatic hydroxyl groups excluding tert-OH is 1. The lowest BCUT2D eigenvalue weighted by Gasteiger charge is -2.30. The molecule has 2 heterocycles. The molecule has 1 atom stereocenters. The molecular formula is C17H23N5O. The van der Waals surface area contributed by atoms with Gasteiger partial charge in [-0.05, 0) is 38.5 Å². The quantitative estimate of drug-likeness (QED) is 0.904. The number of anilines is 1. The maximum absolute atomic E-state index is 10.2. The molecule has 2 aromatic heterocycles. The first-order valence-corrected chi connectivity index (χ1v) is 7.99. The Kier molecular flexibility index (Phi) is 3.51. The van der Waals surface area contributed by atoms with Gasteiger partial charge in [-0.1, -0.05) is 0 Å². The Balaban J connectivity index is 1.97. The van der Waals surface area contributed by atoms with E-state index in [2.05, 4.69) is 21.4 Å². The number of nitrogens with one attached hydrogen (secondary N) is 1. The zero-order valence-electron chi connectivity index (χ0n) is 16.2. The van der Waals surface area contributed by atoms with Gasteiger partial charge in [0.1, 0.15) is 23.3 Å². The van der Waals surface area contributed by atoms with Crippen LogP contribution in [0.3, 0.4) is 0 Å². The van der Waals surface area contributed by atoms with Crippen molar-refractivity contribution in [2.75, 3.05) is 12.3 Å². The fourth-order valence-electron chi connectivity index (χ4n) is 3.50. The lowest BCUT2D eigenvalue weighted by molar-refractivity contribution is 0.175. The Hall–Kier alpha value is -2.13. The van der Waals surface area contributed by atoms with Crippen LogP contribution in [0.1, 0.15) is 61.1 Å². The monoisotopic (exact) mass is 316 g/mol. The molecule has 23 heavy (non-hydrogen) atoms. The maximum Gasteiger partial charge on any atom is 0.138 e. The highest BCUT2D eigenvalue weighted by molar-refractivity contribution is 5.78. The van der Waals surface area contributed by atoms with Gasteiger partial charge in [0.2, 0.25) is 0 Å². The van der Waals surface area contributed by atoms with Crippen LogP contribution in [0.15, 0.2) is 12.3 Å². The molecule has 0 unspecified atom stereocenters. The van der Waals surface area contributed by atoms with Crippen LogP contribution >= 0.6 is 0 Å². The number of rotatable bonds is 4. The Morgan fingerprint density at radius 2 is 2.30 bits per heavy atom. The third-order valence-electron chi connectivity index (χ3n) is 4.67. The van der Waals surface area contributed by atoms with Gasteiger partial charge >= 0.3 is 0 Å². The zero-order valence-corrected chi connectivity index (χ0v) is 13.2. The molecule has 1 saturated carbocycles. The number of imidazole rings is 1. The molecule has 0 radical (unpaired) electrons. The molecule has 2 aromatic rings. The number of aromatic nitrogens is 3. The van der Waals surface area contributed by atoms with E-state index in [0.29, 0.717) is 23.7 Å². The molecule has 2 N–H and O–H groups in total. The molecule has 0 saturated heterocycles. The Morgan fingerprint density at radius 3 is 2.96 bits per heavy atom. The van der Waals surface area contributed by atoms with E-state index in [1.54, 1.807) is 13.0 Å². The topological polar surface area (TPSA) is 86.8 Å². The average Bonchev–Trinajstić information content (AvgIpc) is 2.93. The average molecular weight is 316 g/mol. The van der Waals surface area contributed by atoms with Gasteiger partial charge in [0.05, 0.1) is 17.8 Å². The first-order chi connectivity index (χ1) is 12.3. The molecule has 6 heteroatoms. The molecule has 0 aliphatic heterocycles. The SMILES string of the molecule is [2H]C([2H])([2H])Nc1cc2c(cn1)nc([C@@H](C)O)n2C1CCC(CC#N)CC1. The Bertz CT molecular complexity index is 816. The van der Waals surface area contributed by atoms with Crippen molar-refractivity contribution in [1.82, 2.24) is 14.5 Å². The fraction of sp³-hybridized carbons (Fsp3) is 0.588. The zero-order chi connectivity index (χ0) is 18.9. The molecule has 0 aromatic carbocycles. The molecular weight excluding hydrogens is 290 g/mol. The van der Waals surface area contributed by atoms with Crippen molar-refractivity contribution in [3.8, 4) is 6.07 Å². The van der Waals surface area contributed by atoms with Crippen molar-refractivity contribution < 1.29 is 9.22 Å². The lowest BCUT2D eigenvalue weighted by Crippen LogP contribution is -2.20. The Morgan fingerprint density at radius 1 is 1.52 bits per heavy atom. The second-order valence-corrected chi connectivity index (χ2v) is 6.24. The molecule has 0 amide bonds. The van der Waals surface area contributed by atoms with Crippen molar-refractivity contribution in [3.05, 3.63) is 18.1 Å². The largest absolute Gasteiger partial charge is 0.385 e. The highest BCUT2D eigenvalue weighted by Crippen LogP contribution is 2.37. The van der Waals surface area contributed by atoms with Gasteiger partial charge in [0, 0.05) is 29.6 Å². The summed E-state index contributed by atoms with van der Waals surface area (Å²) in [6.07, 6.45) is 5.11. The van der Waals surface area contributed by atoms with E-state index in [1.807, 2.05) is 4.57 Å². The smallest absolute Gasteiger partial charge is 0.138 e. The van der Waals surface area contributed by atoms with E-state index in [-0.39, 0.29) is 11.9 Å². The van der Waals surface area contributed by atoms with Crippen LogP contribution in [0.4, 0.5) is 5.82 Å². The summed E-state index contributed by atoms with van der Waals surface area (Å²) < 4.78 is 24.1. The fourth-order valence-corrected chi connectivity index (χ4v) is 3.50. The summed E-state index contributed by atoms with van der Waals surface area (Å²) in [4.78, 5) is 8.63. The number of fused-ring (bicyclic) bond motifs is 1. The standard InChI is InChI=1S/C17H23N5O/c1-11(23)17-21-14-10-20-16(19-2)9-15(14)22(17)13-5-3-12(4-6-13)7-8-18/h9-13,23H,3-7H2,1-2H3,(H,19,20)/t11-,12?,13?/m1/s1/i2D3. The van der Waals surface area contributed by atoms with E-state index in [0.717, 1.165) is 31.2 Å². The van der Waals surface area contributed by atoms with Crippen LogP contribution in [0.25, 0.3) is 11.0 Å². The van der Waals surface area contributed by atoms with Crippen LogP contribution < -0.4 is 5.32 Å².